The van der Waals surface area contributed by atoms with Crippen molar-refractivity contribution in [3.8, 4) is 0 Å². The minimum atomic E-state index is -1.35. The van der Waals surface area contributed by atoms with E-state index in [9.17, 15) is 23.7 Å². The summed E-state index contributed by atoms with van der Waals surface area (Å²) in [5.74, 6) is -3.34. The van der Waals surface area contributed by atoms with Crippen LogP contribution in [0.4, 0.5) is 14.5 Å². The van der Waals surface area contributed by atoms with Crippen molar-refractivity contribution in [2.75, 3.05) is 13.6 Å². The van der Waals surface area contributed by atoms with Gasteiger partial charge in [0.1, 0.15) is 5.56 Å². The monoisotopic (exact) mass is 258 g/mol. The molecule has 1 aromatic rings. The van der Waals surface area contributed by atoms with E-state index in [1.807, 2.05) is 6.92 Å². The Morgan fingerprint density at radius 2 is 1.94 bits per heavy atom. The van der Waals surface area contributed by atoms with Crippen molar-refractivity contribution in [1.82, 2.24) is 4.90 Å². The molecule has 5 nitrogen and oxygen atoms in total. The van der Waals surface area contributed by atoms with E-state index in [2.05, 4.69) is 0 Å². The highest BCUT2D eigenvalue weighted by molar-refractivity contribution is 5.98. The van der Waals surface area contributed by atoms with Crippen molar-refractivity contribution < 1.29 is 18.5 Å². The molecule has 0 atom stereocenters. The number of carbonyl (C=O) groups excluding carboxylic acids is 1. The van der Waals surface area contributed by atoms with E-state index in [1.165, 1.54) is 11.9 Å². The molecule has 0 heterocycles. The van der Waals surface area contributed by atoms with Gasteiger partial charge in [0.15, 0.2) is 11.6 Å². The number of hydrogen-bond donors (Lipinski definition) is 0. The van der Waals surface area contributed by atoms with Gasteiger partial charge in [0.05, 0.1) is 11.0 Å². The predicted octanol–water partition coefficient (Wildman–Crippen LogP) is 2.36. The zero-order chi connectivity index (χ0) is 13.9. The molecule has 0 aliphatic heterocycles. The number of rotatable bonds is 4. The Hall–Kier alpha value is -2.05. The standard InChI is InChI=1S/C11H12F2N2O3/c1-3-4-14(2)11(16)7-5-8(12)9(13)6-10(7)15(17)18/h5-6H,3-4H2,1-2H3. The number of benzene rings is 1. The molecule has 18 heavy (non-hydrogen) atoms. The van der Waals surface area contributed by atoms with E-state index in [4.69, 9.17) is 0 Å². The molecule has 0 bridgehead atoms. The predicted molar refractivity (Wildman–Crippen MR) is 60.3 cm³/mol. The first kappa shape index (κ1) is 14.0. The van der Waals surface area contributed by atoms with Crippen LogP contribution in [0.5, 0.6) is 0 Å². The molecule has 0 fully saturated rings. The molecule has 0 saturated carbocycles. The van der Waals surface area contributed by atoms with Crippen molar-refractivity contribution >= 4 is 11.6 Å². The summed E-state index contributed by atoms with van der Waals surface area (Å²) in [6.07, 6.45) is 0.652. The maximum Gasteiger partial charge on any atom is 0.285 e. The first-order chi connectivity index (χ1) is 8.38. The van der Waals surface area contributed by atoms with Crippen LogP contribution in [0, 0.1) is 21.7 Å². The number of hydrogen-bond acceptors (Lipinski definition) is 3. The Bertz CT molecular complexity index is 491. The lowest BCUT2D eigenvalue weighted by atomic mass is 10.1. The highest BCUT2D eigenvalue weighted by atomic mass is 19.2. The van der Waals surface area contributed by atoms with Crippen LogP contribution in [-0.4, -0.2) is 29.3 Å². The molecule has 0 radical (unpaired) electrons. The number of amides is 1. The number of nitro groups is 1. The van der Waals surface area contributed by atoms with Crippen LogP contribution >= 0.6 is 0 Å². The molecule has 0 unspecified atom stereocenters. The molecule has 1 aromatic carbocycles. The Kier molecular flexibility index (Phi) is 4.30. The molecule has 1 rings (SSSR count). The Morgan fingerprint density at radius 1 is 1.39 bits per heavy atom. The lowest BCUT2D eigenvalue weighted by Gasteiger charge is -2.16. The quantitative estimate of drug-likeness (QED) is 0.615. The van der Waals surface area contributed by atoms with Gasteiger partial charge in [0.2, 0.25) is 0 Å². The van der Waals surface area contributed by atoms with E-state index in [0.717, 1.165) is 0 Å². The topological polar surface area (TPSA) is 63.5 Å². The first-order valence-corrected chi connectivity index (χ1v) is 5.27. The second-order valence-corrected chi connectivity index (χ2v) is 3.77. The largest absolute Gasteiger partial charge is 0.341 e. The van der Waals surface area contributed by atoms with Crippen molar-refractivity contribution in [2.24, 2.45) is 0 Å². The molecule has 0 aromatic heterocycles. The van der Waals surface area contributed by atoms with Gasteiger partial charge in [0.25, 0.3) is 11.6 Å². The Morgan fingerprint density at radius 3 is 2.44 bits per heavy atom. The Balaban J connectivity index is 3.26. The van der Waals surface area contributed by atoms with Crippen LogP contribution in [0.15, 0.2) is 12.1 Å². The van der Waals surface area contributed by atoms with Crippen molar-refractivity contribution in [3.05, 3.63) is 39.4 Å². The van der Waals surface area contributed by atoms with Crippen LogP contribution in [0.1, 0.15) is 23.7 Å². The average molecular weight is 258 g/mol. The molecular formula is C11H12F2N2O3. The summed E-state index contributed by atoms with van der Waals surface area (Å²) < 4.78 is 26.0. The maximum absolute atomic E-state index is 13.1. The van der Waals surface area contributed by atoms with Crippen LogP contribution in [0.2, 0.25) is 0 Å². The van der Waals surface area contributed by atoms with Gasteiger partial charge >= 0.3 is 0 Å². The second-order valence-electron chi connectivity index (χ2n) is 3.77. The second kappa shape index (κ2) is 5.52. The number of nitro benzene ring substituents is 1. The molecule has 0 aliphatic rings. The lowest BCUT2D eigenvalue weighted by Crippen LogP contribution is -2.28. The zero-order valence-corrected chi connectivity index (χ0v) is 9.94. The fourth-order valence-corrected chi connectivity index (χ4v) is 1.50. The van der Waals surface area contributed by atoms with Gasteiger partial charge in [-0.3, -0.25) is 14.9 Å². The summed E-state index contributed by atoms with van der Waals surface area (Å²) >= 11 is 0. The minimum absolute atomic E-state index is 0.370. The molecule has 0 N–H and O–H groups in total. The summed E-state index contributed by atoms with van der Waals surface area (Å²) in [5.41, 5.74) is -1.18. The summed E-state index contributed by atoms with van der Waals surface area (Å²) in [7, 11) is 1.44. The maximum atomic E-state index is 13.1. The first-order valence-electron chi connectivity index (χ1n) is 5.27. The zero-order valence-electron chi connectivity index (χ0n) is 9.94. The smallest absolute Gasteiger partial charge is 0.285 e. The third kappa shape index (κ3) is 2.79. The van der Waals surface area contributed by atoms with Gasteiger partial charge in [-0.15, -0.1) is 0 Å². The SMILES string of the molecule is CCCN(C)C(=O)c1cc(F)c(F)cc1[N+](=O)[O-]. The molecule has 7 heteroatoms. The van der Waals surface area contributed by atoms with Gasteiger partial charge in [-0.25, -0.2) is 8.78 Å². The van der Waals surface area contributed by atoms with Crippen molar-refractivity contribution in [3.63, 3.8) is 0 Å². The van der Waals surface area contributed by atoms with E-state index in [0.29, 0.717) is 25.1 Å². The minimum Gasteiger partial charge on any atom is -0.341 e. The van der Waals surface area contributed by atoms with Gasteiger partial charge < -0.3 is 4.90 Å². The van der Waals surface area contributed by atoms with Gasteiger partial charge in [-0.05, 0) is 12.5 Å². The normalized spacial score (nSPS) is 10.2. The molecule has 0 aliphatic carbocycles. The highest BCUT2D eigenvalue weighted by Gasteiger charge is 2.25. The third-order valence-electron chi connectivity index (χ3n) is 2.37. The van der Waals surface area contributed by atoms with Gasteiger partial charge in [0, 0.05) is 13.6 Å². The van der Waals surface area contributed by atoms with Crippen LogP contribution in [-0.2, 0) is 0 Å². The highest BCUT2D eigenvalue weighted by Crippen LogP contribution is 2.23. The molecule has 0 saturated heterocycles. The molecule has 98 valence electrons. The fraction of sp³-hybridized carbons (Fsp3) is 0.364. The third-order valence-corrected chi connectivity index (χ3v) is 2.37. The van der Waals surface area contributed by atoms with Gasteiger partial charge in [-0.2, -0.15) is 0 Å². The molecule has 1 amide bonds. The van der Waals surface area contributed by atoms with Crippen LogP contribution in [0.3, 0.4) is 0 Å². The molecular weight excluding hydrogens is 246 g/mol. The van der Waals surface area contributed by atoms with Crippen LogP contribution in [0.25, 0.3) is 0 Å². The van der Waals surface area contributed by atoms with E-state index in [-0.39, 0.29) is 0 Å². The van der Waals surface area contributed by atoms with E-state index < -0.39 is 33.7 Å². The Labute approximate surface area is 102 Å². The average Bonchev–Trinajstić information content (AvgIpc) is 2.31. The van der Waals surface area contributed by atoms with E-state index >= 15 is 0 Å². The van der Waals surface area contributed by atoms with Crippen molar-refractivity contribution in [2.45, 2.75) is 13.3 Å². The summed E-state index contributed by atoms with van der Waals surface area (Å²) in [4.78, 5) is 22.9. The number of halogens is 2. The summed E-state index contributed by atoms with van der Waals surface area (Å²) in [5, 5.41) is 10.7. The number of nitrogens with zero attached hydrogens (tertiary/aromatic N) is 2. The van der Waals surface area contributed by atoms with Crippen LogP contribution < -0.4 is 0 Å². The lowest BCUT2D eigenvalue weighted by molar-refractivity contribution is -0.385. The fourth-order valence-electron chi connectivity index (χ4n) is 1.50. The van der Waals surface area contributed by atoms with E-state index in [1.54, 1.807) is 0 Å². The summed E-state index contributed by atoms with van der Waals surface area (Å²) in [6.45, 7) is 2.19. The van der Waals surface area contributed by atoms with Gasteiger partial charge in [-0.1, -0.05) is 6.92 Å². The number of carbonyl (C=O) groups is 1. The summed E-state index contributed by atoms with van der Waals surface area (Å²) in [6, 6.07) is 0.977. The van der Waals surface area contributed by atoms with Crippen molar-refractivity contribution in [1.29, 1.82) is 0 Å². The molecule has 0 spiro atoms.